The van der Waals surface area contributed by atoms with Gasteiger partial charge in [0, 0.05) is 11.3 Å². The fraction of sp³-hybridized carbons (Fsp3) is 1.00. The smallest absolute Gasteiger partial charge is 0.101 e. The van der Waals surface area contributed by atoms with Gasteiger partial charge in [-0.25, -0.2) is 0 Å². The summed E-state index contributed by atoms with van der Waals surface area (Å²) in [5.41, 5.74) is 0.770. The lowest BCUT2D eigenvalue weighted by molar-refractivity contribution is -0.113. The summed E-state index contributed by atoms with van der Waals surface area (Å²) in [7, 11) is 0. The van der Waals surface area contributed by atoms with Crippen LogP contribution < -0.4 is 0 Å². The van der Waals surface area contributed by atoms with Crippen molar-refractivity contribution in [1.29, 1.82) is 0 Å². The Morgan fingerprint density at radius 2 is 1.71 bits per heavy atom. The van der Waals surface area contributed by atoms with Crippen LogP contribution in [0.1, 0.15) is 40.0 Å². The minimum absolute atomic E-state index is 0.272. The van der Waals surface area contributed by atoms with Crippen molar-refractivity contribution in [2.24, 2.45) is 28.6 Å². The van der Waals surface area contributed by atoms with E-state index in [1.54, 1.807) is 0 Å². The van der Waals surface area contributed by atoms with Crippen LogP contribution in [0.5, 0.6) is 0 Å². The van der Waals surface area contributed by atoms with E-state index in [2.05, 4.69) is 20.8 Å². The summed E-state index contributed by atoms with van der Waals surface area (Å²) in [5.74, 6) is 2.26. The van der Waals surface area contributed by atoms with Crippen molar-refractivity contribution in [2.75, 3.05) is 0 Å². The molecule has 2 bridgehead atoms. The molecule has 4 aliphatic rings. The molecule has 0 unspecified atom stereocenters. The Morgan fingerprint density at radius 3 is 2.14 bits per heavy atom. The molecule has 0 heterocycles. The minimum atomic E-state index is -0.394. The van der Waals surface area contributed by atoms with Gasteiger partial charge in [0.25, 0.3) is 0 Å². The largest absolute Gasteiger partial charge is 0.128 e. The van der Waals surface area contributed by atoms with E-state index in [0.717, 1.165) is 18.3 Å². The lowest BCUT2D eigenvalue weighted by atomic mass is 9.45. The Morgan fingerprint density at radius 1 is 1.14 bits per heavy atom. The first kappa shape index (κ1) is 9.78. The maximum absolute atomic E-state index is 6.48. The normalized spacial score (nSPS) is 55.9. The van der Waals surface area contributed by atoms with Gasteiger partial charge in [0.05, 0.1) is 0 Å². The van der Waals surface area contributed by atoms with Crippen LogP contribution in [0.4, 0.5) is 0 Å². The second-order valence-corrected chi connectivity index (χ2v) is 7.50. The molecule has 0 spiro atoms. The minimum Gasteiger partial charge on any atom is -0.101 e. The molecule has 0 aromatic carbocycles. The van der Waals surface area contributed by atoms with Crippen molar-refractivity contribution < 1.29 is 0 Å². The van der Waals surface area contributed by atoms with Gasteiger partial charge in [0.15, 0.2) is 0 Å². The van der Waals surface area contributed by atoms with Gasteiger partial charge >= 0.3 is 0 Å². The topological polar surface area (TPSA) is 0 Å². The molecule has 0 aromatic heterocycles. The Kier molecular flexibility index (Phi) is 1.61. The van der Waals surface area contributed by atoms with Crippen molar-refractivity contribution in [2.45, 2.75) is 44.4 Å². The van der Waals surface area contributed by atoms with Crippen LogP contribution >= 0.6 is 23.2 Å². The lowest BCUT2D eigenvalue weighted by Gasteiger charge is -2.60. The molecular formula is C12H18Cl2. The van der Waals surface area contributed by atoms with E-state index in [0.29, 0.717) is 11.3 Å². The third kappa shape index (κ3) is 0.715. The van der Waals surface area contributed by atoms with Crippen LogP contribution in [0.2, 0.25) is 0 Å². The second kappa shape index (κ2) is 2.30. The molecule has 80 valence electrons. The fourth-order valence-electron chi connectivity index (χ4n) is 4.69. The highest BCUT2D eigenvalue weighted by Crippen LogP contribution is 2.86. The summed E-state index contributed by atoms with van der Waals surface area (Å²) < 4.78 is -0.394. The van der Waals surface area contributed by atoms with Crippen molar-refractivity contribution in [1.82, 2.24) is 0 Å². The summed E-state index contributed by atoms with van der Waals surface area (Å²) in [4.78, 5) is 0. The van der Waals surface area contributed by atoms with Gasteiger partial charge < -0.3 is 0 Å². The number of alkyl halides is 2. The van der Waals surface area contributed by atoms with E-state index in [1.165, 1.54) is 12.8 Å². The number of hydrogen-bond donors (Lipinski definition) is 0. The first-order valence-electron chi connectivity index (χ1n) is 5.76. The van der Waals surface area contributed by atoms with Crippen LogP contribution in [0, 0.1) is 28.6 Å². The van der Waals surface area contributed by atoms with E-state index < -0.39 is 4.33 Å². The maximum atomic E-state index is 6.48. The Hall–Kier alpha value is 0.580. The average molecular weight is 233 g/mol. The van der Waals surface area contributed by atoms with Gasteiger partial charge in [-0.05, 0) is 36.5 Å². The van der Waals surface area contributed by atoms with Gasteiger partial charge in [0.1, 0.15) is 4.33 Å². The van der Waals surface area contributed by atoms with Gasteiger partial charge in [-0.1, -0.05) is 20.8 Å². The number of hydrogen-bond acceptors (Lipinski definition) is 0. The third-order valence-corrected chi connectivity index (χ3v) is 7.02. The highest BCUT2D eigenvalue weighted by molar-refractivity contribution is 6.52. The monoisotopic (exact) mass is 232 g/mol. The van der Waals surface area contributed by atoms with Crippen molar-refractivity contribution >= 4 is 23.2 Å². The predicted molar refractivity (Wildman–Crippen MR) is 60.6 cm³/mol. The molecule has 0 saturated heterocycles. The molecule has 0 nitrogen and oxygen atoms in total. The average Bonchev–Trinajstić information content (AvgIpc) is 2.64. The Bertz CT molecular complexity index is 295. The van der Waals surface area contributed by atoms with E-state index in [9.17, 15) is 0 Å². The Balaban J connectivity index is 2.02. The van der Waals surface area contributed by atoms with Gasteiger partial charge in [-0.15, -0.1) is 23.2 Å². The van der Waals surface area contributed by atoms with E-state index in [-0.39, 0.29) is 5.41 Å². The van der Waals surface area contributed by atoms with Crippen LogP contribution in [0.25, 0.3) is 0 Å². The standard InChI is InChI=1S/C12H18Cl2/c1-4-11-8-5-7(10(8,2)3)6-9(11)12(11,13)14/h7-9H,4-6H2,1-3H3/t7-,8-,9+,11-/m0/s1. The number of rotatable bonds is 1. The summed E-state index contributed by atoms with van der Waals surface area (Å²) in [6, 6.07) is 0. The zero-order valence-electron chi connectivity index (χ0n) is 9.11. The van der Waals surface area contributed by atoms with Crippen molar-refractivity contribution in [3.8, 4) is 0 Å². The van der Waals surface area contributed by atoms with E-state index in [1.807, 2.05) is 0 Å². The summed E-state index contributed by atoms with van der Waals surface area (Å²) in [6.07, 6.45) is 3.80. The predicted octanol–water partition coefficient (Wildman–Crippen LogP) is 4.25. The Labute approximate surface area is 96.3 Å². The molecule has 4 saturated carbocycles. The fourth-order valence-corrected chi connectivity index (χ4v) is 5.94. The lowest BCUT2D eigenvalue weighted by Crippen LogP contribution is -2.53. The van der Waals surface area contributed by atoms with Crippen LogP contribution in [0.3, 0.4) is 0 Å². The third-order valence-electron chi connectivity index (χ3n) is 5.79. The molecule has 4 fully saturated rings. The summed E-state index contributed by atoms with van der Waals surface area (Å²) in [6.45, 7) is 7.07. The molecular weight excluding hydrogens is 215 g/mol. The van der Waals surface area contributed by atoms with Crippen LogP contribution in [-0.4, -0.2) is 4.33 Å². The summed E-state index contributed by atoms with van der Waals surface area (Å²) in [5, 5.41) is 0. The maximum Gasteiger partial charge on any atom is 0.128 e. The zero-order chi connectivity index (χ0) is 10.4. The first-order valence-corrected chi connectivity index (χ1v) is 6.52. The van der Waals surface area contributed by atoms with Gasteiger partial charge in [-0.2, -0.15) is 0 Å². The molecule has 2 heteroatoms. The number of halogens is 2. The van der Waals surface area contributed by atoms with Gasteiger partial charge in [-0.3, -0.25) is 0 Å². The molecule has 0 radical (unpaired) electrons. The zero-order valence-corrected chi connectivity index (χ0v) is 10.6. The molecule has 0 aromatic rings. The van der Waals surface area contributed by atoms with Crippen molar-refractivity contribution in [3.63, 3.8) is 0 Å². The molecule has 14 heavy (non-hydrogen) atoms. The SMILES string of the molecule is CC[C@]12[C@H]3C[C@@H](C[C@H]1C2(Cl)Cl)C3(C)C. The highest BCUT2D eigenvalue weighted by atomic mass is 35.5. The van der Waals surface area contributed by atoms with Gasteiger partial charge in [0.2, 0.25) is 0 Å². The quantitative estimate of drug-likeness (QED) is 0.594. The molecule has 0 N–H and O–H groups in total. The molecule has 4 rings (SSSR count). The molecule has 0 aliphatic heterocycles. The first-order chi connectivity index (χ1) is 6.39. The summed E-state index contributed by atoms with van der Waals surface area (Å²) >= 11 is 13.0. The molecule has 4 aliphatic carbocycles. The van der Waals surface area contributed by atoms with Crippen molar-refractivity contribution in [3.05, 3.63) is 0 Å². The highest BCUT2D eigenvalue weighted by Gasteiger charge is 2.84. The van der Waals surface area contributed by atoms with E-state index in [4.69, 9.17) is 23.2 Å². The molecule has 0 amide bonds. The molecule has 4 atom stereocenters. The van der Waals surface area contributed by atoms with Crippen LogP contribution in [-0.2, 0) is 0 Å². The van der Waals surface area contributed by atoms with E-state index >= 15 is 0 Å². The van der Waals surface area contributed by atoms with Crippen LogP contribution in [0.15, 0.2) is 0 Å². The second-order valence-electron chi connectivity index (χ2n) is 6.11.